The molecule has 3 nitrogen and oxygen atoms in total. The molecular weight excluding hydrogens is 178 g/mol. The molecule has 0 aliphatic heterocycles. The number of halogens is 2. The lowest BCUT2D eigenvalue weighted by Gasteiger charge is -2.08. The van der Waals surface area contributed by atoms with Crippen LogP contribution in [0.4, 0.5) is 8.78 Å². The first-order valence-corrected chi connectivity index (χ1v) is 4.14. The zero-order chi connectivity index (χ0) is 9.12. The molecule has 0 spiro atoms. The van der Waals surface area contributed by atoms with E-state index in [1.165, 1.54) is 0 Å². The van der Waals surface area contributed by atoms with E-state index in [4.69, 9.17) is 0 Å². The van der Waals surface area contributed by atoms with Crippen LogP contribution in [0.25, 0.3) is 0 Å². The van der Waals surface area contributed by atoms with Gasteiger partial charge in [0.25, 0.3) is 16.0 Å². The summed E-state index contributed by atoms with van der Waals surface area (Å²) in [6, 6.07) is 0. The van der Waals surface area contributed by atoms with Crippen LogP contribution in [0.3, 0.4) is 0 Å². The minimum Gasteiger partial charge on any atom is -0.260 e. The average molecular weight is 186 g/mol. The minimum atomic E-state index is -3.97. The molecule has 0 fully saturated rings. The van der Waals surface area contributed by atoms with Crippen molar-refractivity contribution in [2.75, 3.05) is 6.61 Å². The van der Waals surface area contributed by atoms with Gasteiger partial charge in [-0.3, -0.25) is 4.18 Å². The van der Waals surface area contributed by atoms with Crippen molar-refractivity contribution in [2.45, 2.75) is 12.8 Å². The molecule has 0 rings (SSSR count). The Morgan fingerprint density at radius 3 is 2.36 bits per heavy atom. The molecule has 0 aliphatic rings. The van der Waals surface area contributed by atoms with Crippen molar-refractivity contribution < 1.29 is 21.4 Å². The lowest BCUT2D eigenvalue weighted by molar-refractivity contribution is -0.0206. The fourth-order valence-electron chi connectivity index (χ4n) is 0.234. The molecule has 0 heterocycles. The van der Waals surface area contributed by atoms with Crippen molar-refractivity contribution in [1.29, 1.82) is 0 Å². The Hall–Kier alpha value is -0.490. The maximum atomic E-state index is 12.0. The average Bonchev–Trinajstić information content (AvgIpc) is 1.83. The van der Waals surface area contributed by atoms with Crippen molar-refractivity contribution in [2.24, 2.45) is 0 Å². The third-order valence-electron chi connectivity index (χ3n) is 0.681. The summed E-state index contributed by atoms with van der Waals surface area (Å²) in [6.07, 6.45) is 0. The van der Waals surface area contributed by atoms with Gasteiger partial charge >= 0.3 is 0 Å². The molecule has 0 aromatic heterocycles. The molecule has 0 radical (unpaired) electrons. The molecule has 0 saturated heterocycles. The third-order valence-corrected chi connectivity index (χ3v) is 1.54. The molecule has 0 atom stereocenters. The summed E-state index contributed by atoms with van der Waals surface area (Å²) in [6.45, 7) is 2.28. The smallest absolute Gasteiger partial charge is 0.260 e. The molecular formula is C5H8F2O3S. The summed E-state index contributed by atoms with van der Waals surface area (Å²) in [5.41, 5.74) is 0. The Morgan fingerprint density at radius 1 is 1.64 bits per heavy atom. The van der Waals surface area contributed by atoms with Crippen LogP contribution in [0.5, 0.6) is 0 Å². The van der Waals surface area contributed by atoms with Gasteiger partial charge in [0.1, 0.15) is 6.61 Å². The van der Waals surface area contributed by atoms with Crippen molar-refractivity contribution in [3.8, 4) is 0 Å². The quantitative estimate of drug-likeness (QED) is 0.618. The molecule has 0 aliphatic carbocycles. The van der Waals surface area contributed by atoms with E-state index < -0.39 is 22.6 Å². The van der Waals surface area contributed by atoms with Crippen LogP contribution >= 0.6 is 0 Å². The molecule has 0 N–H and O–H groups in total. The molecule has 0 aromatic carbocycles. The zero-order valence-corrected chi connectivity index (χ0v) is 6.70. The lowest BCUT2D eigenvalue weighted by atomic mass is 10.4. The normalized spacial score (nSPS) is 13.0. The summed E-state index contributed by atoms with van der Waals surface area (Å²) in [5, 5.41) is 0.471. The van der Waals surface area contributed by atoms with Gasteiger partial charge in [0, 0.05) is 6.92 Å². The summed E-state index contributed by atoms with van der Waals surface area (Å²) in [4.78, 5) is 0. The SMILES string of the molecule is C=CS(=O)(=O)OCC(C)(F)F. The summed E-state index contributed by atoms with van der Waals surface area (Å²) >= 11 is 0. The molecule has 0 unspecified atom stereocenters. The highest BCUT2D eigenvalue weighted by Gasteiger charge is 2.24. The highest BCUT2D eigenvalue weighted by atomic mass is 32.2. The number of hydrogen-bond donors (Lipinski definition) is 0. The van der Waals surface area contributed by atoms with E-state index in [-0.39, 0.29) is 0 Å². The van der Waals surface area contributed by atoms with Gasteiger partial charge in [-0.25, -0.2) is 8.78 Å². The second kappa shape index (κ2) is 3.27. The molecule has 0 amide bonds. The molecule has 66 valence electrons. The first kappa shape index (κ1) is 10.5. The van der Waals surface area contributed by atoms with E-state index in [2.05, 4.69) is 10.8 Å². The van der Waals surface area contributed by atoms with Crippen LogP contribution in [-0.4, -0.2) is 20.9 Å². The number of alkyl halides is 2. The van der Waals surface area contributed by atoms with Gasteiger partial charge in [-0.1, -0.05) is 6.58 Å². The second-order valence-electron chi connectivity index (χ2n) is 1.99. The number of rotatable bonds is 4. The molecule has 0 aromatic rings. The predicted octanol–water partition coefficient (Wildman–Crippen LogP) is 1.13. The fraction of sp³-hybridized carbons (Fsp3) is 0.600. The van der Waals surface area contributed by atoms with E-state index in [1.807, 2.05) is 0 Å². The van der Waals surface area contributed by atoms with Crippen LogP contribution in [0.2, 0.25) is 0 Å². The maximum absolute atomic E-state index is 12.0. The molecule has 6 heteroatoms. The zero-order valence-electron chi connectivity index (χ0n) is 5.88. The van der Waals surface area contributed by atoms with Crippen LogP contribution in [0, 0.1) is 0 Å². The third kappa shape index (κ3) is 5.93. The van der Waals surface area contributed by atoms with Gasteiger partial charge in [-0.2, -0.15) is 8.42 Å². The van der Waals surface area contributed by atoms with E-state index in [0.717, 1.165) is 0 Å². The van der Waals surface area contributed by atoms with Crippen LogP contribution in [0.15, 0.2) is 12.0 Å². The standard InChI is InChI=1S/C5H8F2O3S/c1-3-11(8,9)10-4-5(2,6)7/h3H,1,4H2,2H3. The van der Waals surface area contributed by atoms with E-state index >= 15 is 0 Å². The van der Waals surface area contributed by atoms with Crippen molar-refractivity contribution in [3.63, 3.8) is 0 Å². The fourth-order valence-corrected chi connectivity index (χ4v) is 0.701. The van der Waals surface area contributed by atoms with E-state index in [1.54, 1.807) is 0 Å². The van der Waals surface area contributed by atoms with Crippen molar-refractivity contribution in [3.05, 3.63) is 12.0 Å². The summed E-state index contributed by atoms with van der Waals surface area (Å²) in [7, 11) is -3.97. The van der Waals surface area contributed by atoms with Crippen LogP contribution in [0.1, 0.15) is 6.92 Å². The van der Waals surface area contributed by atoms with Crippen LogP contribution in [-0.2, 0) is 14.3 Å². The van der Waals surface area contributed by atoms with Gasteiger partial charge in [0.05, 0.1) is 5.41 Å². The highest BCUT2D eigenvalue weighted by molar-refractivity contribution is 7.89. The van der Waals surface area contributed by atoms with Gasteiger partial charge in [-0.15, -0.1) is 0 Å². The second-order valence-corrected chi connectivity index (χ2v) is 3.55. The molecule has 11 heavy (non-hydrogen) atoms. The van der Waals surface area contributed by atoms with Gasteiger partial charge < -0.3 is 0 Å². The maximum Gasteiger partial charge on any atom is 0.289 e. The van der Waals surface area contributed by atoms with Gasteiger partial charge in [0.2, 0.25) is 0 Å². The van der Waals surface area contributed by atoms with Gasteiger partial charge in [0.15, 0.2) is 0 Å². The monoisotopic (exact) mass is 186 g/mol. The van der Waals surface area contributed by atoms with E-state index in [0.29, 0.717) is 12.3 Å². The molecule has 0 saturated carbocycles. The highest BCUT2D eigenvalue weighted by Crippen LogP contribution is 2.13. The Kier molecular flexibility index (Phi) is 3.13. The topological polar surface area (TPSA) is 43.4 Å². The predicted molar refractivity (Wildman–Crippen MR) is 35.7 cm³/mol. The first-order chi connectivity index (χ1) is 4.77. The van der Waals surface area contributed by atoms with E-state index in [9.17, 15) is 17.2 Å². The first-order valence-electron chi connectivity index (χ1n) is 2.66. The van der Waals surface area contributed by atoms with Gasteiger partial charge in [-0.05, 0) is 0 Å². The largest absolute Gasteiger partial charge is 0.289 e. The van der Waals surface area contributed by atoms with Crippen LogP contribution < -0.4 is 0 Å². The van der Waals surface area contributed by atoms with Crippen molar-refractivity contribution >= 4 is 10.1 Å². The molecule has 0 bridgehead atoms. The summed E-state index contributed by atoms with van der Waals surface area (Å²) in [5.74, 6) is -3.14. The Morgan fingerprint density at radius 2 is 2.09 bits per heavy atom. The minimum absolute atomic E-state index is 0.471. The Labute approximate surface area is 63.8 Å². The van der Waals surface area contributed by atoms with Crippen molar-refractivity contribution in [1.82, 2.24) is 0 Å². The number of hydrogen-bond acceptors (Lipinski definition) is 3. The Bertz CT molecular complexity index is 227. The Balaban J connectivity index is 4.01. The lowest BCUT2D eigenvalue weighted by Crippen LogP contribution is -2.20. The summed E-state index contributed by atoms with van der Waals surface area (Å²) < 4.78 is 48.5.